The number of carbonyl (C=O) groups excluding carboxylic acids is 3. The largest absolute Gasteiger partial charge is 0.370 e. The molecule has 0 spiro atoms. The molecule has 5 aliphatic carbocycles. The highest BCUT2D eigenvalue weighted by Gasteiger charge is 2.72. The molecule has 0 heterocycles. The normalized spacial score (nSPS) is 48.8. The lowest BCUT2D eigenvalue weighted by molar-refractivity contribution is -0.228. The number of hydrogen-bond acceptors (Lipinski definition) is 5. The summed E-state index contributed by atoms with van der Waals surface area (Å²) in [6, 6.07) is 0. The van der Waals surface area contributed by atoms with Crippen LogP contribution < -0.4 is 5.48 Å². The van der Waals surface area contributed by atoms with E-state index >= 15 is 0 Å². The molecule has 8 atom stereocenters. The second-order valence-corrected chi connectivity index (χ2v) is 15.1. The van der Waals surface area contributed by atoms with Crippen molar-refractivity contribution in [1.29, 1.82) is 0 Å². The van der Waals surface area contributed by atoms with Crippen LogP contribution in [0.5, 0.6) is 0 Å². The van der Waals surface area contributed by atoms with Crippen molar-refractivity contribution in [2.45, 2.75) is 99.8 Å². The van der Waals surface area contributed by atoms with Crippen molar-refractivity contribution in [1.82, 2.24) is 5.48 Å². The molecule has 0 bridgehead atoms. The van der Waals surface area contributed by atoms with Crippen LogP contribution in [-0.4, -0.2) is 24.6 Å². The molecule has 5 rings (SSSR count). The van der Waals surface area contributed by atoms with Crippen molar-refractivity contribution in [3.05, 3.63) is 12.2 Å². The van der Waals surface area contributed by atoms with Gasteiger partial charge in [0, 0.05) is 24.8 Å². The van der Waals surface area contributed by atoms with Crippen LogP contribution in [0.1, 0.15) is 99.8 Å². The molecule has 4 saturated carbocycles. The highest BCUT2D eigenvalue weighted by atomic mass is 16.7. The molecule has 5 aliphatic rings. The average Bonchev–Trinajstić information content (AvgIpc) is 2.78. The van der Waals surface area contributed by atoms with Gasteiger partial charge in [-0.05, 0) is 90.4 Å². The maximum atomic E-state index is 14.4. The fraction of sp³-hybridized carbons (Fsp3) is 0.839. The van der Waals surface area contributed by atoms with Crippen molar-refractivity contribution in [3.8, 4) is 0 Å². The Morgan fingerprint density at radius 3 is 2.25 bits per heavy atom. The Morgan fingerprint density at radius 2 is 1.58 bits per heavy atom. The van der Waals surface area contributed by atoms with Gasteiger partial charge in [-0.2, -0.15) is 5.48 Å². The van der Waals surface area contributed by atoms with Crippen molar-refractivity contribution >= 4 is 17.5 Å². The van der Waals surface area contributed by atoms with Crippen LogP contribution in [0.4, 0.5) is 0 Å². The predicted molar refractivity (Wildman–Crippen MR) is 140 cm³/mol. The molecule has 4 fully saturated rings. The van der Waals surface area contributed by atoms with Gasteiger partial charge in [0.1, 0.15) is 5.78 Å². The summed E-state index contributed by atoms with van der Waals surface area (Å²) in [4.78, 5) is 46.3. The number of fused-ring (bicyclic) bond motifs is 7. The molecule has 36 heavy (non-hydrogen) atoms. The molecule has 5 nitrogen and oxygen atoms in total. The predicted octanol–water partition coefficient (Wildman–Crippen LogP) is 6.07. The number of hydrogen-bond donors (Lipinski definition) is 1. The summed E-state index contributed by atoms with van der Waals surface area (Å²) in [7, 11) is 1.64. The number of nitrogens with one attached hydrogen (secondary N) is 1. The zero-order valence-electron chi connectivity index (χ0n) is 23.8. The van der Waals surface area contributed by atoms with Crippen molar-refractivity contribution in [2.75, 3.05) is 7.05 Å². The molecule has 5 heteroatoms. The topological polar surface area (TPSA) is 72.5 Å². The summed E-state index contributed by atoms with van der Waals surface area (Å²) < 4.78 is 0. The number of Topliss-reactive ketones (excluding diaryl/α,β-unsaturated/α-hetero) is 1. The van der Waals surface area contributed by atoms with E-state index in [4.69, 9.17) is 4.84 Å². The van der Waals surface area contributed by atoms with Crippen LogP contribution in [0.3, 0.4) is 0 Å². The lowest BCUT2D eigenvalue weighted by Gasteiger charge is -2.71. The van der Waals surface area contributed by atoms with Gasteiger partial charge in [0.05, 0.1) is 5.41 Å². The van der Waals surface area contributed by atoms with Crippen LogP contribution in [-0.2, 0) is 19.2 Å². The molecule has 200 valence electrons. The first-order valence-electron chi connectivity index (χ1n) is 14.2. The van der Waals surface area contributed by atoms with Crippen LogP contribution in [0, 0.1) is 56.2 Å². The Kier molecular flexibility index (Phi) is 5.64. The third-order valence-electron chi connectivity index (χ3n) is 12.9. The highest BCUT2D eigenvalue weighted by molar-refractivity contribution is 5.96. The number of carbonyl (C=O) groups is 3. The molecule has 4 unspecified atom stereocenters. The van der Waals surface area contributed by atoms with E-state index < -0.39 is 10.8 Å². The van der Waals surface area contributed by atoms with E-state index in [0.717, 1.165) is 44.9 Å². The Balaban J connectivity index is 1.61. The first-order chi connectivity index (χ1) is 16.6. The van der Waals surface area contributed by atoms with E-state index in [1.807, 2.05) is 6.08 Å². The summed E-state index contributed by atoms with van der Waals surface area (Å²) in [6.45, 7) is 15.9. The zero-order chi connectivity index (χ0) is 26.5. The summed E-state index contributed by atoms with van der Waals surface area (Å²) in [5, 5.41) is 0. The van der Waals surface area contributed by atoms with E-state index in [2.05, 4.69) is 60.0 Å². The molecule has 0 saturated heterocycles. The first kappa shape index (κ1) is 26.1. The van der Waals surface area contributed by atoms with Gasteiger partial charge in [-0.3, -0.25) is 9.59 Å². The third-order valence-corrected chi connectivity index (χ3v) is 12.9. The minimum Gasteiger partial charge on any atom is -0.370 e. The maximum absolute atomic E-state index is 14.4. The lowest BCUT2D eigenvalue weighted by Crippen LogP contribution is -2.69. The Bertz CT molecular complexity index is 1030. The molecule has 0 amide bonds. The molecule has 0 aromatic rings. The van der Waals surface area contributed by atoms with Gasteiger partial charge in [-0.15, -0.1) is 0 Å². The van der Waals surface area contributed by atoms with Gasteiger partial charge in [-0.1, -0.05) is 54.5 Å². The Labute approximate surface area is 217 Å². The monoisotopic (exact) mass is 497 g/mol. The minimum absolute atomic E-state index is 0.0107. The second kappa shape index (κ2) is 7.77. The SMILES string of the molecule is CNOC(=O)[C@]12CCC(C)(C)CC1C1C(=O)CC3[C@@]4(C)C=CC(=O)C(C)(C)C4CC[C@@]3(C)[C@]1(C)CC2. The van der Waals surface area contributed by atoms with Gasteiger partial charge in [0.2, 0.25) is 0 Å². The van der Waals surface area contributed by atoms with E-state index in [0.29, 0.717) is 12.2 Å². The second-order valence-electron chi connectivity index (χ2n) is 15.1. The maximum Gasteiger partial charge on any atom is 0.331 e. The standard InChI is InChI=1S/C31H47NO4/c1-26(2)13-15-31(25(35)36-32-8)16-14-30(7)24(19(31)18-26)20(33)17-22-28(5)11-10-23(34)27(3,4)21(28)9-12-29(22,30)6/h10-11,19,21-22,24,32H,9,12-18H2,1-8H3/t19?,21?,22?,24?,28-,29+,30+,31-/m0/s1. The molecular formula is C31H47NO4. The summed E-state index contributed by atoms with van der Waals surface area (Å²) in [5.74, 6) is 0.725. The fourth-order valence-corrected chi connectivity index (χ4v) is 10.6. The van der Waals surface area contributed by atoms with Gasteiger partial charge >= 0.3 is 5.97 Å². The molecule has 1 N–H and O–H groups in total. The van der Waals surface area contributed by atoms with E-state index in [9.17, 15) is 14.4 Å². The third kappa shape index (κ3) is 3.13. The van der Waals surface area contributed by atoms with Gasteiger partial charge < -0.3 is 4.84 Å². The van der Waals surface area contributed by atoms with Crippen molar-refractivity contribution < 1.29 is 19.2 Å². The fourth-order valence-electron chi connectivity index (χ4n) is 10.6. The average molecular weight is 498 g/mol. The van der Waals surface area contributed by atoms with E-state index in [-0.39, 0.29) is 57.1 Å². The molecule has 0 radical (unpaired) electrons. The Hall–Kier alpha value is -1.49. The molecule has 0 aromatic heterocycles. The van der Waals surface area contributed by atoms with Crippen LogP contribution in [0.15, 0.2) is 12.2 Å². The zero-order valence-corrected chi connectivity index (χ0v) is 23.8. The number of ketones is 2. The number of allylic oxidation sites excluding steroid dienone is 2. The van der Waals surface area contributed by atoms with Gasteiger partial charge in [0.25, 0.3) is 0 Å². The van der Waals surface area contributed by atoms with E-state index in [1.54, 1.807) is 7.05 Å². The van der Waals surface area contributed by atoms with Crippen molar-refractivity contribution in [3.63, 3.8) is 0 Å². The summed E-state index contributed by atoms with van der Waals surface area (Å²) in [5.41, 5.74) is 1.36. The van der Waals surface area contributed by atoms with Crippen LogP contribution in [0.25, 0.3) is 0 Å². The Morgan fingerprint density at radius 1 is 0.917 bits per heavy atom. The van der Waals surface area contributed by atoms with Crippen molar-refractivity contribution in [2.24, 2.45) is 56.2 Å². The molecule has 0 aliphatic heterocycles. The summed E-state index contributed by atoms with van der Waals surface area (Å²) >= 11 is 0. The van der Waals surface area contributed by atoms with Gasteiger partial charge in [0.15, 0.2) is 5.78 Å². The molecular weight excluding hydrogens is 450 g/mol. The number of hydroxylamine groups is 1. The quantitative estimate of drug-likeness (QED) is 0.469. The van der Waals surface area contributed by atoms with Crippen LogP contribution >= 0.6 is 0 Å². The highest BCUT2D eigenvalue weighted by Crippen LogP contribution is 2.75. The van der Waals surface area contributed by atoms with Gasteiger partial charge in [-0.25, -0.2) is 4.79 Å². The summed E-state index contributed by atoms with van der Waals surface area (Å²) in [6.07, 6.45) is 10.9. The van der Waals surface area contributed by atoms with Crippen LogP contribution in [0.2, 0.25) is 0 Å². The lowest BCUT2D eigenvalue weighted by atomic mass is 9.32. The first-order valence-corrected chi connectivity index (χ1v) is 14.2. The smallest absolute Gasteiger partial charge is 0.331 e. The van der Waals surface area contributed by atoms with E-state index in [1.165, 1.54) is 0 Å². The molecule has 0 aromatic carbocycles. The number of rotatable bonds is 2. The minimum atomic E-state index is -0.582.